The first-order valence-electron chi connectivity index (χ1n) is 2.54. The summed E-state index contributed by atoms with van der Waals surface area (Å²) in [4.78, 5) is 10.5. The Morgan fingerprint density at radius 3 is 1.78 bits per heavy atom. The maximum absolute atomic E-state index is 10.5. The van der Waals surface area contributed by atoms with E-state index in [1.807, 2.05) is 0 Å². The zero-order chi connectivity index (χ0) is 6.41. The van der Waals surface area contributed by atoms with Gasteiger partial charge in [-0.1, -0.05) is 12.2 Å². The SMILES string of the molecule is C=CCC(=O)CC=C.P. The van der Waals surface area contributed by atoms with Gasteiger partial charge in [-0.15, -0.1) is 13.2 Å². The number of carbonyl (C=O) groups is 1. The van der Waals surface area contributed by atoms with Gasteiger partial charge in [0.15, 0.2) is 0 Å². The number of hydrogen-bond acceptors (Lipinski definition) is 1. The van der Waals surface area contributed by atoms with Crippen molar-refractivity contribution in [3.63, 3.8) is 0 Å². The van der Waals surface area contributed by atoms with Gasteiger partial charge >= 0.3 is 0 Å². The molecule has 1 unspecified atom stereocenters. The normalized spacial score (nSPS) is 7.11. The summed E-state index contributed by atoms with van der Waals surface area (Å²) in [6.07, 6.45) is 4.13. The van der Waals surface area contributed by atoms with Gasteiger partial charge in [-0.25, -0.2) is 0 Å². The first-order chi connectivity index (χ1) is 3.81. The quantitative estimate of drug-likeness (QED) is 0.434. The molecule has 0 aliphatic rings. The molecule has 0 bridgehead atoms. The minimum absolute atomic E-state index is 0. The van der Waals surface area contributed by atoms with Crippen LogP contribution in [0.4, 0.5) is 0 Å². The molecule has 0 amide bonds. The largest absolute Gasteiger partial charge is 0.299 e. The molecule has 0 aliphatic carbocycles. The van der Waals surface area contributed by atoms with Gasteiger partial charge in [0.25, 0.3) is 0 Å². The first-order valence-corrected chi connectivity index (χ1v) is 2.54. The average molecular weight is 144 g/mol. The standard InChI is InChI=1S/C7H10O.H3P/c1-3-5-7(8)6-4-2;/h3-4H,1-2,5-6H2;1H3. The van der Waals surface area contributed by atoms with Crippen LogP contribution in [0.15, 0.2) is 25.3 Å². The van der Waals surface area contributed by atoms with Crippen molar-refractivity contribution in [1.82, 2.24) is 0 Å². The Balaban J connectivity index is 0. The zero-order valence-corrected chi connectivity index (χ0v) is 7.01. The third-order valence-electron chi connectivity index (χ3n) is 0.744. The summed E-state index contributed by atoms with van der Waals surface area (Å²) >= 11 is 0. The third kappa shape index (κ3) is 7.58. The van der Waals surface area contributed by atoms with Crippen LogP contribution in [0.5, 0.6) is 0 Å². The Morgan fingerprint density at radius 2 is 1.56 bits per heavy atom. The van der Waals surface area contributed by atoms with E-state index in [9.17, 15) is 4.79 Å². The van der Waals surface area contributed by atoms with Crippen molar-refractivity contribution >= 4 is 15.7 Å². The van der Waals surface area contributed by atoms with Crippen molar-refractivity contribution in [1.29, 1.82) is 0 Å². The van der Waals surface area contributed by atoms with E-state index >= 15 is 0 Å². The van der Waals surface area contributed by atoms with E-state index in [2.05, 4.69) is 13.2 Å². The summed E-state index contributed by atoms with van der Waals surface area (Å²) in [6, 6.07) is 0. The molecule has 0 aliphatic heterocycles. The summed E-state index contributed by atoms with van der Waals surface area (Å²) in [5.41, 5.74) is 0. The lowest BCUT2D eigenvalue weighted by atomic mass is 10.2. The van der Waals surface area contributed by atoms with E-state index in [-0.39, 0.29) is 15.7 Å². The fraction of sp³-hybridized carbons (Fsp3) is 0.286. The molecule has 2 heteroatoms. The molecule has 0 radical (unpaired) electrons. The van der Waals surface area contributed by atoms with Crippen LogP contribution in [0.3, 0.4) is 0 Å². The number of carbonyl (C=O) groups excluding carboxylic acids is 1. The monoisotopic (exact) mass is 144 g/mol. The van der Waals surface area contributed by atoms with E-state index in [1.54, 1.807) is 12.2 Å². The van der Waals surface area contributed by atoms with Crippen LogP contribution in [0.1, 0.15) is 12.8 Å². The Bertz CT molecular complexity index is 95.5. The molecule has 0 spiro atoms. The molecule has 0 saturated heterocycles. The molecule has 0 saturated carbocycles. The van der Waals surface area contributed by atoms with E-state index in [0.29, 0.717) is 12.8 Å². The van der Waals surface area contributed by atoms with Gasteiger partial charge in [-0.05, 0) is 0 Å². The Hall–Kier alpha value is -0.420. The van der Waals surface area contributed by atoms with Gasteiger partial charge in [0.1, 0.15) is 5.78 Å². The minimum atomic E-state index is 0. The van der Waals surface area contributed by atoms with Crippen molar-refractivity contribution in [3.8, 4) is 0 Å². The zero-order valence-electron chi connectivity index (χ0n) is 5.60. The predicted molar refractivity (Wildman–Crippen MR) is 45.7 cm³/mol. The summed E-state index contributed by atoms with van der Waals surface area (Å²) in [5, 5.41) is 0. The number of hydrogen-bond donors (Lipinski definition) is 0. The molecule has 1 nitrogen and oxygen atoms in total. The molecular weight excluding hydrogens is 131 g/mol. The van der Waals surface area contributed by atoms with E-state index in [4.69, 9.17) is 0 Å². The van der Waals surface area contributed by atoms with E-state index in [0.717, 1.165) is 0 Å². The third-order valence-corrected chi connectivity index (χ3v) is 0.744. The van der Waals surface area contributed by atoms with Crippen molar-refractivity contribution in [2.45, 2.75) is 12.8 Å². The number of rotatable bonds is 4. The smallest absolute Gasteiger partial charge is 0.140 e. The lowest BCUT2D eigenvalue weighted by Crippen LogP contribution is -1.90. The number of ketones is 1. The first kappa shape index (κ1) is 11.4. The summed E-state index contributed by atoms with van der Waals surface area (Å²) in [5.74, 6) is 0.176. The highest BCUT2D eigenvalue weighted by molar-refractivity contribution is 6.92. The Morgan fingerprint density at radius 1 is 1.22 bits per heavy atom. The maximum atomic E-state index is 10.5. The number of allylic oxidation sites excluding steroid dienone is 2. The molecule has 0 rings (SSSR count). The minimum Gasteiger partial charge on any atom is -0.299 e. The Labute approximate surface area is 59.5 Å². The van der Waals surface area contributed by atoms with Crippen LogP contribution in [-0.2, 0) is 4.79 Å². The lowest BCUT2D eigenvalue weighted by Gasteiger charge is -1.85. The van der Waals surface area contributed by atoms with Gasteiger partial charge in [-0.3, -0.25) is 4.79 Å². The Kier molecular flexibility index (Phi) is 9.59. The van der Waals surface area contributed by atoms with Crippen LogP contribution in [-0.4, -0.2) is 5.78 Å². The molecule has 52 valence electrons. The van der Waals surface area contributed by atoms with Crippen molar-refractivity contribution < 1.29 is 4.79 Å². The molecule has 0 fully saturated rings. The molecule has 0 heterocycles. The van der Waals surface area contributed by atoms with Gasteiger partial charge in [-0.2, -0.15) is 9.90 Å². The second kappa shape index (κ2) is 7.58. The second-order valence-electron chi connectivity index (χ2n) is 1.52. The summed E-state index contributed by atoms with van der Waals surface area (Å²) in [7, 11) is 0. The highest BCUT2D eigenvalue weighted by Crippen LogP contribution is 1.89. The maximum Gasteiger partial charge on any atom is 0.140 e. The second-order valence-corrected chi connectivity index (χ2v) is 1.52. The molecule has 0 N–H and O–H groups in total. The van der Waals surface area contributed by atoms with Gasteiger partial charge in [0.05, 0.1) is 0 Å². The summed E-state index contributed by atoms with van der Waals surface area (Å²) in [6.45, 7) is 6.86. The van der Waals surface area contributed by atoms with Crippen LogP contribution in [0, 0.1) is 0 Å². The van der Waals surface area contributed by atoms with Gasteiger partial charge < -0.3 is 0 Å². The highest BCUT2D eigenvalue weighted by atomic mass is 31.0. The molecular formula is C7H13OP. The summed E-state index contributed by atoms with van der Waals surface area (Å²) < 4.78 is 0. The predicted octanol–water partition coefficient (Wildman–Crippen LogP) is 1.77. The fourth-order valence-corrected chi connectivity index (χ4v) is 0.405. The van der Waals surface area contributed by atoms with Crippen LogP contribution >= 0.6 is 9.90 Å². The van der Waals surface area contributed by atoms with Crippen molar-refractivity contribution in [2.75, 3.05) is 0 Å². The van der Waals surface area contributed by atoms with E-state index in [1.165, 1.54) is 0 Å². The molecule has 0 aromatic carbocycles. The van der Waals surface area contributed by atoms with Crippen LogP contribution in [0.2, 0.25) is 0 Å². The van der Waals surface area contributed by atoms with Gasteiger partial charge in [0, 0.05) is 12.8 Å². The highest BCUT2D eigenvalue weighted by Gasteiger charge is 1.91. The molecule has 0 aromatic heterocycles. The average Bonchev–Trinajstić information content (AvgIpc) is 1.68. The fourth-order valence-electron chi connectivity index (χ4n) is 0.405. The van der Waals surface area contributed by atoms with Crippen molar-refractivity contribution in [2.24, 2.45) is 0 Å². The van der Waals surface area contributed by atoms with E-state index < -0.39 is 0 Å². The van der Waals surface area contributed by atoms with Crippen LogP contribution in [0.25, 0.3) is 0 Å². The molecule has 0 aromatic rings. The number of Topliss-reactive ketones (excluding diaryl/α,β-unsaturated/α-hetero) is 1. The molecule has 1 atom stereocenters. The topological polar surface area (TPSA) is 17.1 Å². The van der Waals surface area contributed by atoms with Crippen LogP contribution < -0.4 is 0 Å². The van der Waals surface area contributed by atoms with Crippen molar-refractivity contribution in [3.05, 3.63) is 25.3 Å². The lowest BCUT2D eigenvalue weighted by molar-refractivity contribution is -0.117. The molecule has 9 heavy (non-hydrogen) atoms. The van der Waals surface area contributed by atoms with Gasteiger partial charge in [0.2, 0.25) is 0 Å².